The lowest BCUT2D eigenvalue weighted by atomic mass is 10.3. The first-order chi connectivity index (χ1) is 7.20. The molecule has 0 aliphatic carbocycles. The number of amides is 1. The number of rotatable bonds is 5. The fraction of sp³-hybridized carbons (Fsp3) is 0.364. The van der Waals surface area contributed by atoms with Gasteiger partial charge in [0.15, 0.2) is 0 Å². The first-order valence-corrected chi connectivity index (χ1v) is 4.83. The molecule has 1 heterocycles. The van der Waals surface area contributed by atoms with Gasteiger partial charge in [-0.25, -0.2) is 0 Å². The molecule has 1 aromatic rings. The maximum atomic E-state index is 12.0. The molecule has 0 aliphatic heterocycles. The number of aliphatic hydroxyl groups excluding tert-OH is 1. The molecule has 4 nitrogen and oxygen atoms in total. The van der Waals surface area contributed by atoms with E-state index in [4.69, 9.17) is 5.11 Å². The summed E-state index contributed by atoms with van der Waals surface area (Å²) in [5, 5.41) is 8.84. The van der Waals surface area contributed by atoms with Crippen LogP contribution in [0.5, 0.6) is 0 Å². The first-order valence-electron chi connectivity index (χ1n) is 4.83. The van der Waals surface area contributed by atoms with Crippen LogP contribution in [-0.2, 0) is 7.05 Å². The van der Waals surface area contributed by atoms with Crippen molar-refractivity contribution in [3.05, 3.63) is 36.7 Å². The highest BCUT2D eigenvalue weighted by Gasteiger charge is 2.15. The average Bonchev–Trinajstić information content (AvgIpc) is 2.63. The van der Waals surface area contributed by atoms with Gasteiger partial charge in [-0.15, -0.1) is 6.58 Å². The third-order valence-corrected chi connectivity index (χ3v) is 2.17. The van der Waals surface area contributed by atoms with Crippen LogP contribution in [0.1, 0.15) is 10.5 Å². The summed E-state index contributed by atoms with van der Waals surface area (Å²) in [6.07, 6.45) is 3.47. The molecule has 1 aromatic heterocycles. The zero-order valence-corrected chi connectivity index (χ0v) is 8.89. The molecular weight excluding hydrogens is 192 g/mol. The van der Waals surface area contributed by atoms with E-state index in [9.17, 15) is 4.79 Å². The number of nitrogens with zero attached hydrogens (tertiary/aromatic N) is 2. The van der Waals surface area contributed by atoms with Gasteiger partial charge in [-0.05, 0) is 12.1 Å². The fourth-order valence-corrected chi connectivity index (χ4v) is 1.40. The third kappa shape index (κ3) is 2.70. The number of aryl methyl sites for hydroxylation is 1. The first kappa shape index (κ1) is 11.5. The Morgan fingerprint density at radius 3 is 2.93 bits per heavy atom. The van der Waals surface area contributed by atoms with Gasteiger partial charge in [0.1, 0.15) is 5.69 Å². The quantitative estimate of drug-likeness (QED) is 0.722. The summed E-state index contributed by atoms with van der Waals surface area (Å²) in [6, 6.07) is 3.58. The number of aliphatic hydroxyl groups is 1. The molecule has 0 atom stereocenters. The van der Waals surface area contributed by atoms with Crippen molar-refractivity contribution in [1.29, 1.82) is 0 Å². The van der Waals surface area contributed by atoms with Crippen molar-refractivity contribution in [3.8, 4) is 0 Å². The number of carbonyl (C=O) groups excluding carboxylic acids is 1. The minimum absolute atomic E-state index is 0.0377. The summed E-state index contributed by atoms with van der Waals surface area (Å²) in [7, 11) is 1.82. The molecule has 0 saturated carbocycles. The van der Waals surface area contributed by atoms with E-state index in [-0.39, 0.29) is 12.5 Å². The molecular formula is C11H16N2O2. The van der Waals surface area contributed by atoms with Crippen molar-refractivity contribution in [2.75, 3.05) is 19.7 Å². The van der Waals surface area contributed by atoms with Crippen LogP contribution in [0.15, 0.2) is 31.0 Å². The highest BCUT2D eigenvalue weighted by Crippen LogP contribution is 2.05. The maximum absolute atomic E-state index is 12.0. The summed E-state index contributed by atoms with van der Waals surface area (Å²) < 4.78 is 1.76. The molecule has 15 heavy (non-hydrogen) atoms. The largest absolute Gasteiger partial charge is 0.395 e. The highest BCUT2D eigenvalue weighted by molar-refractivity contribution is 5.92. The van der Waals surface area contributed by atoms with Gasteiger partial charge in [-0.1, -0.05) is 6.08 Å². The number of hydrogen-bond donors (Lipinski definition) is 1. The van der Waals surface area contributed by atoms with Gasteiger partial charge >= 0.3 is 0 Å². The highest BCUT2D eigenvalue weighted by atomic mass is 16.3. The van der Waals surface area contributed by atoms with Gasteiger partial charge in [0.2, 0.25) is 0 Å². The molecule has 0 fully saturated rings. The van der Waals surface area contributed by atoms with Gasteiger partial charge < -0.3 is 14.6 Å². The molecule has 1 N–H and O–H groups in total. The minimum Gasteiger partial charge on any atom is -0.395 e. The second-order valence-electron chi connectivity index (χ2n) is 3.27. The second-order valence-corrected chi connectivity index (χ2v) is 3.27. The second kappa shape index (κ2) is 5.36. The Hall–Kier alpha value is -1.55. The van der Waals surface area contributed by atoms with E-state index in [1.807, 2.05) is 19.3 Å². The Labute approximate surface area is 89.4 Å². The Kier molecular flexibility index (Phi) is 4.12. The minimum atomic E-state index is -0.0866. The van der Waals surface area contributed by atoms with Crippen molar-refractivity contribution < 1.29 is 9.90 Å². The molecule has 4 heteroatoms. The van der Waals surface area contributed by atoms with Crippen LogP contribution in [-0.4, -0.2) is 40.2 Å². The predicted molar refractivity (Wildman–Crippen MR) is 58.6 cm³/mol. The van der Waals surface area contributed by atoms with E-state index in [0.717, 1.165) is 0 Å². The summed E-state index contributed by atoms with van der Waals surface area (Å²) in [4.78, 5) is 13.5. The zero-order chi connectivity index (χ0) is 11.3. The van der Waals surface area contributed by atoms with Crippen molar-refractivity contribution >= 4 is 5.91 Å². The maximum Gasteiger partial charge on any atom is 0.270 e. The van der Waals surface area contributed by atoms with Crippen LogP contribution < -0.4 is 0 Å². The summed E-state index contributed by atoms with van der Waals surface area (Å²) in [5.41, 5.74) is 0.616. The van der Waals surface area contributed by atoms with E-state index in [1.165, 1.54) is 0 Å². The fourth-order valence-electron chi connectivity index (χ4n) is 1.40. The normalized spacial score (nSPS) is 10.0. The Bertz CT molecular complexity index is 344. The molecule has 0 saturated heterocycles. The van der Waals surface area contributed by atoms with Gasteiger partial charge in [-0.3, -0.25) is 4.79 Å². The third-order valence-electron chi connectivity index (χ3n) is 2.17. The Morgan fingerprint density at radius 1 is 1.73 bits per heavy atom. The number of carbonyl (C=O) groups is 1. The summed E-state index contributed by atoms with van der Waals surface area (Å²) >= 11 is 0. The molecule has 0 unspecified atom stereocenters. The van der Waals surface area contributed by atoms with E-state index in [2.05, 4.69) is 6.58 Å². The molecule has 0 bridgehead atoms. The van der Waals surface area contributed by atoms with Crippen molar-refractivity contribution in [2.24, 2.45) is 7.05 Å². The van der Waals surface area contributed by atoms with Crippen LogP contribution in [0.3, 0.4) is 0 Å². The zero-order valence-electron chi connectivity index (χ0n) is 8.89. The van der Waals surface area contributed by atoms with Gasteiger partial charge in [0.25, 0.3) is 5.91 Å². The van der Waals surface area contributed by atoms with E-state index in [0.29, 0.717) is 18.8 Å². The standard InChI is InChI=1S/C11H16N2O2/c1-3-6-13(8-9-14)11(15)10-5-4-7-12(10)2/h3-5,7,14H,1,6,8-9H2,2H3. The predicted octanol–water partition coefficient (Wildman–Crippen LogP) is 0.646. The van der Waals surface area contributed by atoms with Crippen LogP contribution in [0.4, 0.5) is 0 Å². The number of hydrogen-bond acceptors (Lipinski definition) is 2. The van der Waals surface area contributed by atoms with Crippen molar-refractivity contribution in [3.63, 3.8) is 0 Å². The lowest BCUT2D eigenvalue weighted by Gasteiger charge is -2.20. The molecule has 1 rings (SSSR count). The van der Waals surface area contributed by atoms with Crippen molar-refractivity contribution in [1.82, 2.24) is 9.47 Å². The molecule has 0 aliphatic rings. The number of aromatic nitrogens is 1. The average molecular weight is 208 g/mol. The van der Waals surface area contributed by atoms with E-state index in [1.54, 1.807) is 21.6 Å². The smallest absolute Gasteiger partial charge is 0.270 e. The topological polar surface area (TPSA) is 45.5 Å². The molecule has 1 amide bonds. The van der Waals surface area contributed by atoms with Crippen molar-refractivity contribution in [2.45, 2.75) is 0 Å². The Balaban J connectivity index is 2.80. The van der Waals surface area contributed by atoms with Crippen LogP contribution in [0.2, 0.25) is 0 Å². The molecule has 0 radical (unpaired) electrons. The lowest BCUT2D eigenvalue weighted by molar-refractivity contribution is 0.0733. The van der Waals surface area contributed by atoms with Crippen LogP contribution in [0, 0.1) is 0 Å². The molecule has 82 valence electrons. The van der Waals surface area contributed by atoms with Gasteiger partial charge in [0.05, 0.1) is 6.61 Å². The summed E-state index contributed by atoms with van der Waals surface area (Å²) in [5.74, 6) is -0.0866. The molecule has 0 spiro atoms. The van der Waals surface area contributed by atoms with Crippen LogP contribution >= 0.6 is 0 Å². The van der Waals surface area contributed by atoms with Gasteiger partial charge in [-0.2, -0.15) is 0 Å². The van der Waals surface area contributed by atoms with Gasteiger partial charge in [0, 0.05) is 26.3 Å². The van der Waals surface area contributed by atoms with E-state index >= 15 is 0 Å². The lowest BCUT2D eigenvalue weighted by Crippen LogP contribution is -2.34. The van der Waals surface area contributed by atoms with E-state index < -0.39 is 0 Å². The van der Waals surface area contributed by atoms with Crippen LogP contribution in [0.25, 0.3) is 0 Å². The molecule has 0 aromatic carbocycles. The Morgan fingerprint density at radius 2 is 2.47 bits per heavy atom. The monoisotopic (exact) mass is 208 g/mol. The summed E-state index contributed by atoms with van der Waals surface area (Å²) in [6.45, 7) is 4.33. The SMILES string of the molecule is C=CCN(CCO)C(=O)c1cccn1C.